The van der Waals surface area contributed by atoms with Gasteiger partial charge in [-0.15, -0.1) is 0 Å². The van der Waals surface area contributed by atoms with E-state index in [9.17, 15) is 8.42 Å². The Bertz CT molecular complexity index is 738. The van der Waals surface area contributed by atoms with Crippen molar-refractivity contribution in [3.05, 3.63) is 41.5 Å². The number of aromatic nitrogens is 2. The van der Waals surface area contributed by atoms with E-state index >= 15 is 0 Å². The molecule has 0 fully saturated rings. The van der Waals surface area contributed by atoms with E-state index in [1.165, 1.54) is 6.07 Å². The van der Waals surface area contributed by atoms with E-state index in [4.69, 9.17) is 15.4 Å². The monoisotopic (exact) mass is 314 g/mol. The molecule has 2 rings (SSSR count). The SMILES string of the molecule is Cc1cc(S(=O)(=O)Cl)c(C)cc1OCc1nccn1C. The normalized spacial score (nSPS) is 11.6. The number of ether oxygens (including phenoxy) is 1. The molecule has 1 aromatic heterocycles. The molecule has 0 bridgehead atoms. The minimum atomic E-state index is -3.74. The van der Waals surface area contributed by atoms with E-state index in [1.807, 2.05) is 17.8 Å². The van der Waals surface area contributed by atoms with Gasteiger partial charge in [0.2, 0.25) is 0 Å². The lowest BCUT2D eigenvalue weighted by molar-refractivity contribution is 0.289. The Morgan fingerprint density at radius 1 is 1.30 bits per heavy atom. The Kier molecular flexibility index (Phi) is 4.06. The van der Waals surface area contributed by atoms with Crippen molar-refractivity contribution in [2.75, 3.05) is 0 Å². The molecule has 0 amide bonds. The fourth-order valence-electron chi connectivity index (χ4n) is 1.86. The van der Waals surface area contributed by atoms with Gasteiger partial charge >= 0.3 is 0 Å². The first-order valence-electron chi connectivity index (χ1n) is 5.94. The molecule has 0 atom stereocenters. The highest BCUT2D eigenvalue weighted by atomic mass is 35.7. The van der Waals surface area contributed by atoms with Crippen LogP contribution in [0.25, 0.3) is 0 Å². The van der Waals surface area contributed by atoms with Gasteiger partial charge in [-0.25, -0.2) is 13.4 Å². The Hall–Kier alpha value is -1.53. The summed E-state index contributed by atoms with van der Waals surface area (Å²) in [6.07, 6.45) is 3.53. The van der Waals surface area contributed by atoms with Crippen LogP contribution in [0.2, 0.25) is 0 Å². The number of aryl methyl sites for hydroxylation is 3. The first kappa shape index (κ1) is 14.9. The lowest BCUT2D eigenvalue weighted by Crippen LogP contribution is -2.05. The predicted octanol–water partition coefficient (Wildman–Crippen LogP) is 2.54. The second kappa shape index (κ2) is 5.46. The van der Waals surface area contributed by atoms with E-state index in [1.54, 1.807) is 26.1 Å². The average molecular weight is 315 g/mol. The van der Waals surface area contributed by atoms with Gasteiger partial charge in [-0.1, -0.05) is 0 Å². The largest absolute Gasteiger partial charge is 0.485 e. The van der Waals surface area contributed by atoms with E-state index in [2.05, 4.69) is 4.98 Å². The Morgan fingerprint density at radius 3 is 2.55 bits per heavy atom. The molecule has 5 nitrogen and oxygen atoms in total. The van der Waals surface area contributed by atoms with Crippen LogP contribution >= 0.6 is 10.7 Å². The molecular weight excluding hydrogens is 300 g/mol. The molecule has 0 unspecified atom stereocenters. The third-order valence-electron chi connectivity index (χ3n) is 3.01. The third kappa shape index (κ3) is 3.13. The van der Waals surface area contributed by atoms with Gasteiger partial charge in [-0.2, -0.15) is 0 Å². The quantitative estimate of drug-likeness (QED) is 0.814. The summed E-state index contributed by atoms with van der Waals surface area (Å²) in [5, 5.41) is 0. The van der Waals surface area contributed by atoms with Crippen LogP contribution in [-0.4, -0.2) is 18.0 Å². The van der Waals surface area contributed by atoms with Gasteiger partial charge in [0.05, 0.1) is 4.90 Å². The lowest BCUT2D eigenvalue weighted by Gasteiger charge is -2.12. The van der Waals surface area contributed by atoms with Gasteiger partial charge in [0.1, 0.15) is 18.2 Å². The topological polar surface area (TPSA) is 61.2 Å². The number of nitrogens with zero attached hydrogens (tertiary/aromatic N) is 2. The summed E-state index contributed by atoms with van der Waals surface area (Å²) in [5.41, 5.74) is 1.27. The molecule has 0 N–H and O–H groups in total. The maximum Gasteiger partial charge on any atom is 0.261 e. The molecule has 2 aromatic rings. The van der Waals surface area contributed by atoms with Crippen molar-refractivity contribution >= 4 is 19.7 Å². The van der Waals surface area contributed by atoms with Crippen molar-refractivity contribution in [1.29, 1.82) is 0 Å². The van der Waals surface area contributed by atoms with Gasteiger partial charge in [0.25, 0.3) is 9.05 Å². The van der Waals surface area contributed by atoms with Crippen LogP contribution < -0.4 is 4.74 Å². The first-order valence-corrected chi connectivity index (χ1v) is 8.25. The zero-order valence-electron chi connectivity index (χ0n) is 11.4. The van der Waals surface area contributed by atoms with Gasteiger partial charge < -0.3 is 9.30 Å². The Morgan fingerprint density at radius 2 is 2.00 bits per heavy atom. The third-order valence-corrected chi connectivity index (χ3v) is 4.48. The first-order chi connectivity index (χ1) is 9.29. The molecule has 0 saturated carbocycles. The lowest BCUT2D eigenvalue weighted by atomic mass is 10.1. The highest BCUT2D eigenvalue weighted by molar-refractivity contribution is 8.13. The molecule has 0 aliphatic heterocycles. The number of rotatable bonds is 4. The molecule has 20 heavy (non-hydrogen) atoms. The van der Waals surface area contributed by atoms with Crippen LogP contribution in [0.5, 0.6) is 5.75 Å². The number of hydrogen-bond acceptors (Lipinski definition) is 4. The molecule has 0 radical (unpaired) electrons. The van der Waals surface area contributed by atoms with Crippen molar-refractivity contribution in [3.8, 4) is 5.75 Å². The summed E-state index contributed by atoms with van der Waals surface area (Å²) >= 11 is 0. The number of halogens is 1. The second-order valence-corrected chi connectivity index (χ2v) is 7.10. The van der Waals surface area contributed by atoms with Crippen molar-refractivity contribution in [2.45, 2.75) is 25.3 Å². The standard InChI is InChI=1S/C13H15ClN2O3S/c1-9-7-12(20(14,17)18)10(2)6-11(9)19-8-13-15-4-5-16(13)3/h4-7H,8H2,1-3H3. The molecule has 108 valence electrons. The van der Waals surface area contributed by atoms with E-state index in [0.29, 0.717) is 23.5 Å². The molecule has 1 heterocycles. The predicted molar refractivity (Wildman–Crippen MR) is 76.5 cm³/mol. The molecule has 0 spiro atoms. The molecule has 0 saturated heterocycles. The number of imidazole rings is 1. The van der Waals surface area contributed by atoms with Crippen molar-refractivity contribution < 1.29 is 13.2 Å². The maximum absolute atomic E-state index is 11.4. The molecule has 7 heteroatoms. The zero-order valence-corrected chi connectivity index (χ0v) is 13.0. The summed E-state index contributed by atoms with van der Waals surface area (Å²) in [6, 6.07) is 3.19. The van der Waals surface area contributed by atoms with Crippen LogP contribution in [0.1, 0.15) is 17.0 Å². The summed E-state index contributed by atoms with van der Waals surface area (Å²) in [7, 11) is 3.53. The Labute approximate surface area is 122 Å². The minimum absolute atomic E-state index is 0.112. The Balaban J connectivity index is 2.26. The zero-order chi connectivity index (χ0) is 14.9. The highest BCUT2D eigenvalue weighted by Gasteiger charge is 2.16. The van der Waals surface area contributed by atoms with Gasteiger partial charge in [-0.05, 0) is 37.1 Å². The fourth-order valence-corrected chi connectivity index (χ4v) is 3.12. The summed E-state index contributed by atoms with van der Waals surface area (Å²) in [4.78, 5) is 4.27. The van der Waals surface area contributed by atoms with Crippen molar-refractivity contribution in [3.63, 3.8) is 0 Å². The van der Waals surface area contributed by atoms with E-state index in [-0.39, 0.29) is 4.90 Å². The number of benzene rings is 1. The summed E-state index contributed by atoms with van der Waals surface area (Å²) < 4.78 is 30.4. The van der Waals surface area contributed by atoms with Gasteiger partial charge in [0.15, 0.2) is 0 Å². The van der Waals surface area contributed by atoms with Crippen LogP contribution in [-0.2, 0) is 22.7 Å². The molecular formula is C13H15ClN2O3S. The van der Waals surface area contributed by atoms with Gasteiger partial charge in [0, 0.05) is 30.1 Å². The fraction of sp³-hybridized carbons (Fsp3) is 0.308. The van der Waals surface area contributed by atoms with Crippen molar-refractivity contribution in [1.82, 2.24) is 9.55 Å². The van der Waals surface area contributed by atoms with Gasteiger partial charge in [-0.3, -0.25) is 0 Å². The van der Waals surface area contributed by atoms with Crippen molar-refractivity contribution in [2.24, 2.45) is 7.05 Å². The average Bonchev–Trinajstić information content (AvgIpc) is 2.74. The second-order valence-electron chi connectivity index (χ2n) is 4.56. The smallest absolute Gasteiger partial charge is 0.261 e. The van der Waals surface area contributed by atoms with Crippen LogP contribution in [0.3, 0.4) is 0 Å². The maximum atomic E-state index is 11.4. The number of hydrogen-bond donors (Lipinski definition) is 0. The summed E-state index contributed by atoms with van der Waals surface area (Å²) in [5.74, 6) is 1.41. The van der Waals surface area contributed by atoms with E-state index in [0.717, 1.165) is 5.82 Å². The van der Waals surface area contributed by atoms with Crippen LogP contribution in [0, 0.1) is 13.8 Å². The van der Waals surface area contributed by atoms with Crippen LogP contribution in [0.15, 0.2) is 29.4 Å². The molecule has 1 aromatic carbocycles. The molecule has 0 aliphatic carbocycles. The minimum Gasteiger partial charge on any atom is -0.485 e. The summed E-state index contributed by atoms with van der Waals surface area (Å²) in [6.45, 7) is 3.78. The molecule has 0 aliphatic rings. The van der Waals surface area contributed by atoms with Crippen LogP contribution in [0.4, 0.5) is 0 Å². The highest BCUT2D eigenvalue weighted by Crippen LogP contribution is 2.28. The van der Waals surface area contributed by atoms with E-state index < -0.39 is 9.05 Å².